The highest BCUT2D eigenvalue weighted by Gasteiger charge is 2.52. The Morgan fingerprint density at radius 3 is 2.14 bits per heavy atom. The summed E-state index contributed by atoms with van der Waals surface area (Å²) in [6.45, 7) is 9.44. The number of aliphatic hydroxyl groups is 2. The average molecular weight is 839 g/mol. The molecular weight excluding hydrogens is 793 g/mol. The molecule has 13 nitrogen and oxygen atoms in total. The Morgan fingerprint density at radius 1 is 0.842 bits per heavy atom. The Bertz CT molecular complexity index is 2640. The van der Waals surface area contributed by atoms with E-state index in [2.05, 4.69) is 13.0 Å². The van der Waals surface area contributed by atoms with E-state index in [1.165, 1.54) is 12.1 Å². The van der Waals surface area contributed by atoms with Crippen molar-refractivity contribution >= 4 is 58.2 Å². The van der Waals surface area contributed by atoms with E-state index in [9.17, 15) is 49.1 Å². The molecule has 3 aromatic rings. The molecule has 0 radical (unpaired) electrons. The van der Waals surface area contributed by atoms with Crippen LogP contribution in [-0.2, 0) is 41.2 Å². The molecule has 0 amide bonds. The number of rotatable bonds is 12. The summed E-state index contributed by atoms with van der Waals surface area (Å²) in [6.07, 6.45) is 10.7. The Morgan fingerprint density at radius 2 is 1.49 bits per heavy atom. The lowest BCUT2D eigenvalue weighted by molar-refractivity contribution is -0.449. The number of anilines is 1. The maximum atomic E-state index is 11.9. The molecule has 2 N–H and O–H groups in total. The van der Waals surface area contributed by atoms with E-state index in [1.807, 2.05) is 61.8 Å². The molecule has 1 aliphatic carbocycles. The van der Waals surface area contributed by atoms with Gasteiger partial charge in [0.1, 0.15) is 16.2 Å². The van der Waals surface area contributed by atoms with Gasteiger partial charge in [0.15, 0.2) is 12.3 Å². The molecule has 0 saturated heterocycles. The van der Waals surface area contributed by atoms with Crippen molar-refractivity contribution in [1.29, 1.82) is 0 Å². The van der Waals surface area contributed by atoms with E-state index in [4.69, 9.17) is 0 Å². The second-order valence-electron chi connectivity index (χ2n) is 15.9. The fourth-order valence-electron chi connectivity index (χ4n) is 8.93. The van der Waals surface area contributed by atoms with E-state index in [0.717, 1.165) is 52.9 Å². The topological polar surface area (TPSA) is 218 Å². The van der Waals surface area contributed by atoms with Crippen LogP contribution in [0.4, 0.5) is 11.4 Å². The quantitative estimate of drug-likeness (QED) is 0.147. The molecule has 57 heavy (non-hydrogen) atoms. The molecular formula is C41H46N2O11S3-2. The largest absolute Gasteiger partial charge is 0.748 e. The first-order valence-corrected chi connectivity index (χ1v) is 23.0. The maximum absolute atomic E-state index is 11.9. The van der Waals surface area contributed by atoms with Crippen LogP contribution in [0.25, 0.3) is 10.8 Å². The second kappa shape index (κ2) is 15.3. The lowest BCUT2D eigenvalue weighted by Crippen LogP contribution is -2.39. The Balaban J connectivity index is 1.36. The van der Waals surface area contributed by atoms with Crippen molar-refractivity contribution in [2.24, 2.45) is 0 Å². The summed E-state index contributed by atoms with van der Waals surface area (Å²) in [5, 5.41) is 22.7. The molecule has 2 aliphatic heterocycles. The van der Waals surface area contributed by atoms with Crippen molar-refractivity contribution in [3.05, 3.63) is 112 Å². The van der Waals surface area contributed by atoms with E-state index >= 15 is 0 Å². The van der Waals surface area contributed by atoms with Crippen LogP contribution in [-0.4, -0.2) is 96.2 Å². The van der Waals surface area contributed by atoms with Crippen LogP contribution >= 0.6 is 0 Å². The minimum absolute atomic E-state index is 0.0607. The molecule has 1 saturated carbocycles. The fourth-order valence-corrected chi connectivity index (χ4v) is 10.7. The van der Waals surface area contributed by atoms with Gasteiger partial charge in [-0.3, -0.25) is 0 Å². The Hall–Kier alpha value is -4.00. The van der Waals surface area contributed by atoms with Gasteiger partial charge in [-0.25, -0.2) is 25.3 Å². The predicted molar refractivity (Wildman–Crippen MR) is 215 cm³/mol. The minimum Gasteiger partial charge on any atom is -0.748 e. The number of β-amino-alcohol motifs (C(OH)–C–C–N with tert-alkyl or cyclic N) is 2. The van der Waals surface area contributed by atoms with Crippen molar-refractivity contribution in [1.82, 2.24) is 0 Å². The molecule has 6 rings (SSSR count). The summed E-state index contributed by atoms with van der Waals surface area (Å²) < 4.78 is 107. The molecule has 306 valence electrons. The van der Waals surface area contributed by atoms with Gasteiger partial charge < -0.3 is 28.8 Å². The highest BCUT2D eigenvalue weighted by Crippen LogP contribution is 2.52. The number of benzene rings is 3. The highest BCUT2D eigenvalue weighted by molar-refractivity contribution is 7.86. The van der Waals surface area contributed by atoms with Crippen LogP contribution in [0, 0.1) is 13.8 Å². The van der Waals surface area contributed by atoms with Gasteiger partial charge >= 0.3 is 0 Å². The number of aliphatic hydroxyl groups excluding tert-OH is 2. The molecule has 0 bridgehead atoms. The third kappa shape index (κ3) is 8.73. The van der Waals surface area contributed by atoms with E-state index in [1.54, 1.807) is 36.1 Å². The first-order valence-electron chi connectivity index (χ1n) is 18.5. The lowest BCUT2D eigenvalue weighted by Gasteiger charge is -2.29. The Kier molecular flexibility index (Phi) is 11.4. The van der Waals surface area contributed by atoms with Gasteiger partial charge in [-0.05, 0) is 92.3 Å². The number of allylic oxidation sites excluding steroid dienone is 8. The van der Waals surface area contributed by atoms with E-state index in [-0.39, 0.29) is 18.0 Å². The van der Waals surface area contributed by atoms with Crippen molar-refractivity contribution < 1.29 is 53.7 Å². The fraction of sp³-hybridized carbons (Fsp3) is 0.390. The van der Waals surface area contributed by atoms with Crippen LogP contribution in [0.5, 0.6) is 0 Å². The normalized spacial score (nSPS) is 22.2. The van der Waals surface area contributed by atoms with Gasteiger partial charge in [0, 0.05) is 40.5 Å². The van der Waals surface area contributed by atoms with Gasteiger partial charge in [-0.1, -0.05) is 61.9 Å². The summed E-state index contributed by atoms with van der Waals surface area (Å²) >= 11 is 0. The van der Waals surface area contributed by atoms with Crippen molar-refractivity contribution in [3.63, 3.8) is 0 Å². The van der Waals surface area contributed by atoms with Gasteiger partial charge in [-0.15, -0.1) is 0 Å². The van der Waals surface area contributed by atoms with E-state index in [0.29, 0.717) is 27.7 Å². The smallest absolute Gasteiger partial charge is 0.209 e. The molecule has 3 aliphatic rings. The standard InChI is InChI=1S/C41H48N2O11S3/c1-26-14-16-34-33(19-26)41(5)18-10-12-28(39(41)43(34)23-31(45)25-56(49,50)51)11-8-6-7-9-13-36-40(3,4)38-35(42(36)22-30(44)24-55(46,47)48)17-15-29-21-32(57(52,53)54)20-27(2)37(29)38/h6-9,11,13-17,19-21,30-31,44-45H,10,12,18,22-25H2,1-5H3,(H2-,46,47,48,49,50,51,52,53,54)/p-2. The second-order valence-corrected chi connectivity index (χ2v) is 20.2. The monoisotopic (exact) mass is 838 g/mol. The minimum atomic E-state index is -4.74. The molecule has 16 heteroatoms. The van der Waals surface area contributed by atoms with Gasteiger partial charge in [0.2, 0.25) is 5.69 Å². The molecule has 0 spiro atoms. The molecule has 3 atom stereocenters. The summed E-state index contributed by atoms with van der Waals surface area (Å²) in [6, 6.07) is 12.1. The summed E-state index contributed by atoms with van der Waals surface area (Å²) in [7, 11) is -14.1. The number of fused-ring (bicyclic) bond motifs is 6. The van der Waals surface area contributed by atoms with Crippen LogP contribution in [0.1, 0.15) is 62.3 Å². The molecule has 3 unspecified atom stereocenters. The van der Waals surface area contributed by atoms with Crippen LogP contribution < -0.4 is 4.90 Å². The predicted octanol–water partition coefficient (Wildman–Crippen LogP) is 4.43. The molecule has 0 aromatic heterocycles. The molecule has 1 fully saturated rings. The van der Waals surface area contributed by atoms with Crippen LogP contribution in [0.2, 0.25) is 0 Å². The van der Waals surface area contributed by atoms with Crippen molar-refractivity contribution in [2.45, 2.75) is 81.8 Å². The summed E-state index contributed by atoms with van der Waals surface area (Å²) in [4.78, 5) is 1.39. The first-order chi connectivity index (χ1) is 26.4. The van der Waals surface area contributed by atoms with Crippen LogP contribution in [0.3, 0.4) is 0 Å². The average Bonchev–Trinajstić information content (AvgIpc) is 3.43. The third-order valence-electron chi connectivity index (χ3n) is 11.1. The zero-order valence-corrected chi connectivity index (χ0v) is 34.7. The number of nitrogens with zero attached hydrogens (tertiary/aromatic N) is 2. The Labute approximate surface area is 334 Å². The lowest BCUT2D eigenvalue weighted by atomic mass is 9.68. The molecule has 2 heterocycles. The number of hydrogen-bond acceptors (Lipinski definition) is 12. The molecule has 3 aromatic carbocycles. The zero-order chi connectivity index (χ0) is 41.9. The third-order valence-corrected chi connectivity index (χ3v) is 13.5. The summed E-state index contributed by atoms with van der Waals surface area (Å²) in [5.74, 6) is -1.89. The highest BCUT2D eigenvalue weighted by atomic mass is 32.2. The number of hydrogen-bond donors (Lipinski definition) is 2. The van der Waals surface area contributed by atoms with E-state index < -0.39 is 64.9 Å². The van der Waals surface area contributed by atoms with Gasteiger partial charge in [0.05, 0.1) is 48.2 Å². The number of aryl methyl sites for hydroxylation is 2. The first kappa shape index (κ1) is 42.6. The summed E-state index contributed by atoms with van der Waals surface area (Å²) in [5.41, 5.74) is 6.42. The van der Waals surface area contributed by atoms with Crippen LogP contribution in [0.15, 0.2) is 95.1 Å². The van der Waals surface area contributed by atoms with Gasteiger partial charge in [-0.2, -0.15) is 4.58 Å². The maximum Gasteiger partial charge on any atom is 0.209 e. The van der Waals surface area contributed by atoms with Gasteiger partial charge in [0.25, 0.3) is 0 Å². The zero-order valence-electron chi connectivity index (χ0n) is 32.3. The van der Waals surface area contributed by atoms with Crippen molar-refractivity contribution in [2.75, 3.05) is 29.5 Å². The van der Waals surface area contributed by atoms with Crippen molar-refractivity contribution in [3.8, 4) is 0 Å². The SMILES string of the molecule is Cc1ccc2c(c1)C1(C)CCC\C(=C/C=C/C=C/C=C3\N(CC(O)CS(=O)(=O)[O-])c4ccc5cc(S(=O)(=O)[O-])cc(C)c5c4C3(C)C)C1=[N+]2CC(O)CS(=O)(=O)[O-].